The van der Waals surface area contributed by atoms with Crippen molar-refractivity contribution < 1.29 is 13.7 Å². The van der Waals surface area contributed by atoms with Gasteiger partial charge in [0.05, 0.1) is 24.3 Å². The van der Waals surface area contributed by atoms with Crippen LogP contribution in [0.4, 0.5) is 0 Å². The van der Waals surface area contributed by atoms with Crippen molar-refractivity contribution in [2.45, 2.75) is 31.8 Å². The number of aryl methyl sites for hydroxylation is 1. The summed E-state index contributed by atoms with van der Waals surface area (Å²) in [5.41, 5.74) is 1.07. The molecule has 1 heterocycles. The van der Waals surface area contributed by atoms with Crippen molar-refractivity contribution in [1.29, 1.82) is 0 Å². The van der Waals surface area contributed by atoms with Crippen molar-refractivity contribution in [3.63, 3.8) is 0 Å². The summed E-state index contributed by atoms with van der Waals surface area (Å²) in [6, 6.07) is 0. The van der Waals surface area contributed by atoms with Crippen LogP contribution in [0.5, 0.6) is 0 Å². The third-order valence-corrected chi connectivity index (χ3v) is 3.97. The lowest BCUT2D eigenvalue weighted by Crippen LogP contribution is -2.14. The van der Waals surface area contributed by atoms with Gasteiger partial charge in [-0.1, -0.05) is 13.8 Å². The van der Waals surface area contributed by atoms with E-state index in [0.29, 0.717) is 23.6 Å². The second-order valence-electron chi connectivity index (χ2n) is 3.92. The van der Waals surface area contributed by atoms with Crippen molar-refractivity contribution in [1.82, 2.24) is 9.78 Å². The normalized spacial score (nSPS) is 12.8. The summed E-state index contributed by atoms with van der Waals surface area (Å²) in [4.78, 5) is 11.7. The van der Waals surface area contributed by atoms with E-state index in [0.717, 1.165) is 0 Å². The molecule has 1 unspecified atom stereocenters. The third kappa shape index (κ3) is 3.39. The molecule has 5 nitrogen and oxygen atoms in total. The van der Waals surface area contributed by atoms with E-state index >= 15 is 0 Å². The quantitative estimate of drug-likeness (QED) is 0.746. The molecule has 0 fully saturated rings. The summed E-state index contributed by atoms with van der Waals surface area (Å²) in [6.45, 7) is 5.84. The Morgan fingerprint density at radius 1 is 1.59 bits per heavy atom. The monoisotopic (exact) mass is 258 g/mol. The summed E-state index contributed by atoms with van der Waals surface area (Å²) in [7, 11) is 0.721. The molecule has 0 aliphatic carbocycles. The molecule has 0 N–H and O–H groups in total. The Hall–Kier alpha value is -1.17. The van der Waals surface area contributed by atoms with Gasteiger partial charge in [-0.25, -0.2) is 4.79 Å². The molecule has 0 amide bonds. The van der Waals surface area contributed by atoms with Crippen LogP contribution in [-0.4, -0.2) is 31.8 Å². The van der Waals surface area contributed by atoms with Gasteiger partial charge in [-0.3, -0.25) is 8.89 Å². The number of carbonyl (C=O) groups is 1. The number of ether oxygens (including phenoxy) is 1. The molecule has 17 heavy (non-hydrogen) atoms. The van der Waals surface area contributed by atoms with E-state index in [1.54, 1.807) is 18.7 Å². The van der Waals surface area contributed by atoms with Gasteiger partial charge in [-0.2, -0.15) is 5.10 Å². The van der Waals surface area contributed by atoms with E-state index in [4.69, 9.17) is 4.74 Å². The minimum absolute atomic E-state index is 0.0555. The second kappa shape index (κ2) is 5.95. The Labute approximate surface area is 104 Å². The van der Waals surface area contributed by atoms with Crippen LogP contribution < -0.4 is 0 Å². The van der Waals surface area contributed by atoms with E-state index in [-0.39, 0.29) is 5.25 Å². The molecule has 0 radical (unpaired) electrons. The highest BCUT2D eigenvalue weighted by Gasteiger charge is 2.19. The summed E-state index contributed by atoms with van der Waals surface area (Å²) in [5, 5.41) is 4.07. The predicted molar refractivity (Wildman–Crippen MR) is 66.1 cm³/mol. The smallest absolute Gasteiger partial charge is 0.341 e. The van der Waals surface area contributed by atoms with Crippen molar-refractivity contribution in [2.75, 3.05) is 6.61 Å². The topological polar surface area (TPSA) is 61.2 Å². The standard InChI is InChI=1S/C11H18N2O3S/c1-5-16-11(14)9-6-12-13(4)10(9)7-17(15)8(2)3/h6,8H,5,7H2,1-4H3. The summed E-state index contributed by atoms with van der Waals surface area (Å²) >= 11 is 0. The molecule has 6 heteroatoms. The fourth-order valence-electron chi connectivity index (χ4n) is 1.31. The van der Waals surface area contributed by atoms with Gasteiger partial charge < -0.3 is 4.74 Å². The van der Waals surface area contributed by atoms with Gasteiger partial charge >= 0.3 is 5.97 Å². The average Bonchev–Trinajstić information content (AvgIpc) is 2.61. The molecule has 1 rings (SSSR count). The molecule has 0 aliphatic heterocycles. The SMILES string of the molecule is CCOC(=O)c1cnn(C)c1CS(=O)C(C)C. The van der Waals surface area contributed by atoms with Crippen LogP contribution in [0.15, 0.2) is 6.20 Å². The van der Waals surface area contributed by atoms with E-state index in [1.165, 1.54) is 6.20 Å². The molecule has 0 aromatic carbocycles. The Morgan fingerprint density at radius 2 is 2.24 bits per heavy atom. The first kappa shape index (κ1) is 13.9. The van der Waals surface area contributed by atoms with Gasteiger partial charge in [-0.05, 0) is 6.92 Å². The lowest BCUT2D eigenvalue weighted by molar-refractivity contribution is 0.0525. The summed E-state index contributed by atoms with van der Waals surface area (Å²) in [5.74, 6) is -0.0844. The third-order valence-electron chi connectivity index (χ3n) is 2.36. The minimum Gasteiger partial charge on any atom is -0.462 e. The molecule has 1 atom stereocenters. The van der Waals surface area contributed by atoms with E-state index in [2.05, 4.69) is 5.10 Å². The summed E-state index contributed by atoms with van der Waals surface area (Å²) in [6.07, 6.45) is 1.46. The van der Waals surface area contributed by atoms with Crippen LogP contribution in [-0.2, 0) is 28.3 Å². The Kier molecular flexibility index (Phi) is 4.86. The number of nitrogens with zero attached hydrogens (tertiary/aromatic N) is 2. The molecule has 1 aromatic heterocycles. The fourth-order valence-corrected chi connectivity index (χ4v) is 2.26. The first-order chi connectivity index (χ1) is 7.97. The molecule has 0 aliphatic rings. The lowest BCUT2D eigenvalue weighted by Gasteiger charge is -2.08. The number of rotatable bonds is 5. The molecule has 0 bridgehead atoms. The van der Waals surface area contributed by atoms with Crippen molar-refractivity contribution >= 4 is 16.8 Å². The zero-order valence-electron chi connectivity index (χ0n) is 10.6. The predicted octanol–water partition coefficient (Wildman–Crippen LogP) is 1.25. The van der Waals surface area contributed by atoms with Gasteiger partial charge in [0.25, 0.3) is 0 Å². The molecule has 0 spiro atoms. The molecular formula is C11H18N2O3S. The molecule has 1 aromatic rings. The van der Waals surface area contributed by atoms with Crippen LogP contribution in [0.1, 0.15) is 36.8 Å². The Bertz CT molecular complexity index is 426. The average molecular weight is 258 g/mol. The molecular weight excluding hydrogens is 240 g/mol. The number of aromatic nitrogens is 2. The van der Waals surface area contributed by atoms with Crippen LogP contribution in [0, 0.1) is 0 Å². The van der Waals surface area contributed by atoms with E-state index < -0.39 is 16.8 Å². The highest BCUT2D eigenvalue weighted by molar-refractivity contribution is 7.84. The van der Waals surface area contributed by atoms with Crippen molar-refractivity contribution in [3.05, 3.63) is 17.5 Å². The highest BCUT2D eigenvalue weighted by atomic mass is 32.2. The first-order valence-electron chi connectivity index (χ1n) is 5.52. The molecule has 0 saturated carbocycles. The maximum absolute atomic E-state index is 11.8. The number of hydrogen-bond acceptors (Lipinski definition) is 4. The zero-order valence-corrected chi connectivity index (χ0v) is 11.4. The maximum atomic E-state index is 11.8. The highest BCUT2D eigenvalue weighted by Crippen LogP contribution is 2.13. The van der Waals surface area contributed by atoms with Crippen molar-refractivity contribution in [3.8, 4) is 0 Å². The fraction of sp³-hybridized carbons (Fsp3) is 0.636. The summed E-state index contributed by atoms with van der Waals surface area (Å²) < 4.78 is 18.3. The van der Waals surface area contributed by atoms with Gasteiger partial charge in [0.15, 0.2) is 0 Å². The first-order valence-corrected chi connectivity index (χ1v) is 6.90. The van der Waals surface area contributed by atoms with Crippen LogP contribution in [0.25, 0.3) is 0 Å². The van der Waals surface area contributed by atoms with Crippen LogP contribution in [0.3, 0.4) is 0 Å². The minimum atomic E-state index is -1.01. The second-order valence-corrected chi connectivity index (χ2v) is 5.92. The zero-order chi connectivity index (χ0) is 13.0. The molecule has 96 valence electrons. The van der Waals surface area contributed by atoms with Gasteiger partial charge in [0, 0.05) is 23.1 Å². The van der Waals surface area contributed by atoms with Crippen LogP contribution in [0.2, 0.25) is 0 Å². The van der Waals surface area contributed by atoms with E-state index in [9.17, 15) is 9.00 Å². The molecule has 0 saturated heterocycles. The van der Waals surface area contributed by atoms with Gasteiger partial charge in [-0.15, -0.1) is 0 Å². The maximum Gasteiger partial charge on any atom is 0.341 e. The van der Waals surface area contributed by atoms with Gasteiger partial charge in [0.1, 0.15) is 5.56 Å². The van der Waals surface area contributed by atoms with E-state index in [1.807, 2.05) is 13.8 Å². The van der Waals surface area contributed by atoms with Gasteiger partial charge in [0.2, 0.25) is 0 Å². The lowest BCUT2D eigenvalue weighted by atomic mass is 10.3. The number of hydrogen-bond donors (Lipinski definition) is 0. The van der Waals surface area contributed by atoms with Crippen molar-refractivity contribution in [2.24, 2.45) is 7.05 Å². The number of carbonyl (C=O) groups excluding carboxylic acids is 1. The largest absolute Gasteiger partial charge is 0.462 e. The Morgan fingerprint density at radius 3 is 2.76 bits per heavy atom. The van der Waals surface area contributed by atoms with Crippen LogP contribution >= 0.6 is 0 Å². The Balaban J connectivity index is 2.94. The number of esters is 1.